The number of hydrogen-bond donors (Lipinski definition) is 1. The van der Waals surface area contributed by atoms with Crippen molar-refractivity contribution in [3.63, 3.8) is 0 Å². The standard InChI is InChI=1S/C16H24N2/c1-18-9-5-8-16(18)12-17-15-10-14(11-15)13-6-3-2-4-7-13/h2-4,6-7,14-17H,5,8-12H2,1H3. The third-order valence-electron chi connectivity index (χ3n) is 4.72. The lowest BCUT2D eigenvalue weighted by Crippen LogP contribution is -2.45. The first-order chi connectivity index (χ1) is 8.83. The molecule has 98 valence electrons. The van der Waals surface area contributed by atoms with Crippen LogP contribution in [0.15, 0.2) is 30.3 Å². The monoisotopic (exact) mass is 244 g/mol. The Hall–Kier alpha value is -0.860. The Balaban J connectivity index is 1.40. The lowest BCUT2D eigenvalue weighted by molar-refractivity contribution is 0.245. The maximum atomic E-state index is 3.75. The fourth-order valence-electron chi connectivity index (χ4n) is 3.32. The first-order valence-corrected chi connectivity index (χ1v) is 7.31. The first-order valence-electron chi connectivity index (χ1n) is 7.31. The molecule has 1 heterocycles. The van der Waals surface area contributed by atoms with Gasteiger partial charge in [0.05, 0.1) is 0 Å². The molecule has 1 aromatic rings. The second-order valence-electron chi connectivity index (χ2n) is 5.96. The van der Waals surface area contributed by atoms with Crippen molar-refractivity contribution in [2.45, 2.75) is 43.7 Å². The molecule has 1 saturated heterocycles. The van der Waals surface area contributed by atoms with Gasteiger partial charge in [0, 0.05) is 18.6 Å². The molecule has 0 aromatic heterocycles. The zero-order valence-corrected chi connectivity index (χ0v) is 11.3. The molecule has 1 N–H and O–H groups in total. The maximum Gasteiger partial charge on any atom is 0.0218 e. The van der Waals surface area contributed by atoms with Crippen LogP contribution in [0.25, 0.3) is 0 Å². The summed E-state index contributed by atoms with van der Waals surface area (Å²) in [6.07, 6.45) is 5.39. The summed E-state index contributed by atoms with van der Waals surface area (Å²) >= 11 is 0. The molecule has 2 heteroatoms. The van der Waals surface area contributed by atoms with Crippen molar-refractivity contribution in [1.82, 2.24) is 10.2 Å². The van der Waals surface area contributed by atoms with Crippen LogP contribution in [0.5, 0.6) is 0 Å². The summed E-state index contributed by atoms with van der Waals surface area (Å²) in [5.41, 5.74) is 1.52. The highest BCUT2D eigenvalue weighted by molar-refractivity contribution is 5.22. The van der Waals surface area contributed by atoms with E-state index in [0.717, 1.165) is 18.0 Å². The van der Waals surface area contributed by atoms with Crippen molar-refractivity contribution >= 4 is 0 Å². The van der Waals surface area contributed by atoms with Gasteiger partial charge in [-0.3, -0.25) is 0 Å². The molecular formula is C16H24N2. The smallest absolute Gasteiger partial charge is 0.0218 e. The van der Waals surface area contributed by atoms with Crippen molar-refractivity contribution in [1.29, 1.82) is 0 Å². The first kappa shape index (κ1) is 12.2. The minimum Gasteiger partial charge on any atom is -0.312 e. The summed E-state index contributed by atoms with van der Waals surface area (Å²) < 4.78 is 0. The van der Waals surface area contributed by atoms with Crippen LogP contribution in [-0.2, 0) is 0 Å². The number of nitrogens with one attached hydrogen (secondary N) is 1. The van der Waals surface area contributed by atoms with Crippen molar-refractivity contribution in [2.24, 2.45) is 0 Å². The highest BCUT2D eigenvalue weighted by Crippen LogP contribution is 2.36. The van der Waals surface area contributed by atoms with Gasteiger partial charge in [-0.25, -0.2) is 0 Å². The fourth-order valence-corrected chi connectivity index (χ4v) is 3.32. The van der Waals surface area contributed by atoms with E-state index in [2.05, 4.69) is 47.6 Å². The molecule has 1 atom stereocenters. The molecule has 0 amide bonds. The Bertz CT molecular complexity index is 370. The summed E-state index contributed by atoms with van der Waals surface area (Å²) in [7, 11) is 2.26. The fraction of sp³-hybridized carbons (Fsp3) is 0.625. The predicted octanol–water partition coefficient (Wildman–Crippen LogP) is 2.62. The minimum atomic E-state index is 0.754. The van der Waals surface area contributed by atoms with Crippen molar-refractivity contribution in [3.05, 3.63) is 35.9 Å². The van der Waals surface area contributed by atoms with Gasteiger partial charge in [-0.05, 0) is 50.8 Å². The molecule has 1 saturated carbocycles. The molecule has 0 bridgehead atoms. The van der Waals surface area contributed by atoms with E-state index in [0.29, 0.717) is 0 Å². The van der Waals surface area contributed by atoms with Crippen LogP contribution in [0.4, 0.5) is 0 Å². The summed E-state index contributed by atoms with van der Waals surface area (Å²) in [5.74, 6) is 0.796. The predicted molar refractivity (Wildman–Crippen MR) is 75.9 cm³/mol. The van der Waals surface area contributed by atoms with Gasteiger partial charge in [0.2, 0.25) is 0 Å². The molecule has 1 unspecified atom stereocenters. The van der Waals surface area contributed by atoms with Gasteiger partial charge < -0.3 is 10.2 Å². The van der Waals surface area contributed by atoms with Crippen LogP contribution in [0.2, 0.25) is 0 Å². The van der Waals surface area contributed by atoms with Gasteiger partial charge >= 0.3 is 0 Å². The van der Waals surface area contributed by atoms with Crippen LogP contribution in [-0.4, -0.2) is 37.1 Å². The average molecular weight is 244 g/mol. The van der Waals surface area contributed by atoms with Crippen LogP contribution in [0.3, 0.4) is 0 Å². The highest BCUT2D eigenvalue weighted by atomic mass is 15.2. The molecule has 0 radical (unpaired) electrons. The van der Waals surface area contributed by atoms with Gasteiger partial charge in [0.1, 0.15) is 0 Å². The third-order valence-corrected chi connectivity index (χ3v) is 4.72. The molecule has 1 aliphatic carbocycles. The van der Waals surface area contributed by atoms with E-state index in [1.54, 1.807) is 0 Å². The number of hydrogen-bond acceptors (Lipinski definition) is 2. The van der Waals surface area contributed by atoms with E-state index in [-0.39, 0.29) is 0 Å². The summed E-state index contributed by atoms with van der Waals surface area (Å²) in [6.45, 7) is 2.46. The van der Waals surface area contributed by atoms with Crippen molar-refractivity contribution in [3.8, 4) is 0 Å². The van der Waals surface area contributed by atoms with E-state index in [9.17, 15) is 0 Å². The number of likely N-dealkylation sites (tertiary alicyclic amines) is 1. The normalized spacial score (nSPS) is 32.4. The van der Waals surface area contributed by atoms with Gasteiger partial charge in [-0.15, -0.1) is 0 Å². The van der Waals surface area contributed by atoms with Gasteiger partial charge in [0.15, 0.2) is 0 Å². The Morgan fingerprint density at radius 1 is 1.22 bits per heavy atom. The van der Waals surface area contributed by atoms with Crippen molar-refractivity contribution in [2.75, 3.05) is 20.1 Å². The number of benzene rings is 1. The molecule has 1 aliphatic heterocycles. The van der Waals surface area contributed by atoms with Gasteiger partial charge in [-0.2, -0.15) is 0 Å². The largest absolute Gasteiger partial charge is 0.312 e. The van der Waals surface area contributed by atoms with Crippen LogP contribution < -0.4 is 5.32 Å². The number of rotatable bonds is 4. The van der Waals surface area contributed by atoms with E-state index in [1.165, 1.54) is 44.3 Å². The van der Waals surface area contributed by atoms with Crippen LogP contribution >= 0.6 is 0 Å². The number of nitrogens with zero attached hydrogens (tertiary/aromatic N) is 1. The Kier molecular flexibility index (Phi) is 3.67. The molecule has 3 rings (SSSR count). The topological polar surface area (TPSA) is 15.3 Å². The summed E-state index contributed by atoms with van der Waals surface area (Å²) in [6, 6.07) is 12.5. The van der Waals surface area contributed by atoms with Gasteiger partial charge in [-0.1, -0.05) is 30.3 Å². The maximum absolute atomic E-state index is 3.75. The second-order valence-corrected chi connectivity index (χ2v) is 5.96. The Morgan fingerprint density at radius 2 is 2.00 bits per heavy atom. The number of likely N-dealkylation sites (N-methyl/N-ethyl adjacent to an activating group) is 1. The molecule has 0 spiro atoms. The van der Waals surface area contributed by atoms with E-state index >= 15 is 0 Å². The van der Waals surface area contributed by atoms with E-state index in [1.807, 2.05) is 0 Å². The summed E-state index contributed by atoms with van der Waals surface area (Å²) in [4.78, 5) is 2.50. The molecule has 1 aromatic carbocycles. The Labute approximate surface area is 110 Å². The second kappa shape index (κ2) is 5.41. The molecule has 2 nitrogen and oxygen atoms in total. The molecule has 2 aliphatic rings. The SMILES string of the molecule is CN1CCCC1CNC1CC(c2ccccc2)C1. The van der Waals surface area contributed by atoms with Crippen LogP contribution in [0.1, 0.15) is 37.2 Å². The zero-order chi connectivity index (χ0) is 12.4. The zero-order valence-electron chi connectivity index (χ0n) is 11.3. The molecule has 2 fully saturated rings. The Morgan fingerprint density at radius 3 is 2.67 bits per heavy atom. The quantitative estimate of drug-likeness (QED) is 0.876. The van der Waals surface area contributed by atoms with E-state index in [4.69, 9.17) is 0 Å². The summed E-state index contributed by atoms with van der Waals surface area (Å²) in [5, 5.41) is 3.75. The minimum absolute atomic E-state index is 0.754. The van der Waals surface area contributed by atoms with Crippen molar-refractivity contribution < 1.29 is 0 Å². The van der Waals surface area contributed by atoms with E-state index < -0.39 is 0 Å². The average Bonchev–Trinajstić information content (AvgIpc) is 2.74. The van der Waals surface area contributed by atoms with Gasteiger partial charge in [0.25, 0.3) is 0 Å². The highest BCUT2D eigenvalue weighted by Gasteiger charge is 2.31. The lowest BCUT2D eigenvalue weighted by Gasteiger charge is -2.37. The lowest BCUT2D eigenvalue weighted by atomic mass is 9.76. The third kappa shape index (κ3) is 2.60. The molecular weight excluding hydrogens is 220 g/mol. The molecule has 18 heavy (non-hydrogen) atoms. The van der Waals surface area contributed by atoms with Crippen LogP contribution in [0, 0.1) is 0 Å².